The highest BCUT2D eigenvalue weighted by Crippen LogP contribution is 2.30. The lowest BCUT2D eigenvalue weighted by Gasteiger charge is -2.28. The van der Waals surface area contributed by atoms with Gasteiger partial charge in [-0.3, -0.25) is 9.80 Å². The minimum absolute atomic E-state index is 0.219. The number of fused-ring (bicyclic) bond motifs is 1. The van der Waals surface area contributed by atoms with E-state index in [-0.39, 0.29) is 5.01 Å². The molecule has 3 N–H and O–H groups in total. The third kappa shape index (κ3) is 3.98. The van der Waals surface area contributed by atoms with Crippen LogP contribution in [0.1, 0.15) is 0 Å². The van der Waals surface area contributed by atoms with E-state index >= 15 is 0 Å². The quantitative estimate of drug-likeness (QED) is 0.377. The number of pyridine rings is 1. The standard InChI is InChI=1S/C17H16F3N7OS/c18-17(19,20)8-27(21)16(28)12-7-29-9-26(12)13-3-5-23-15(25-13)11-6-24-14-10(11)2-1-4-22-14/h1-6,12H,7-9,21H2,(H,22,24)/t12-/m1/s1. The molecule has 1 saturated heterocycles. The van der Waals surface area contributed by atoms with E-state index in [2.05, 4.69) is 19.9 Å². The summed E-state index contributed by atoms with van der Waals surface area (Å²) in [5.41, 5.74) is 1.43. The molecular weight excluding hydrogens is 407 g/mol. The van der Waals surface area contributed by atoms with Crippen molar-refractivity contribution in [3.8, 4) is 11.4 Å². The summed E-state index contributed by atoms with van der Waals surface area (Å²) in [7, 11) is 0. The summed E-state index contributed by atoms with van der Waals surface area (Å²) >= 11 is 1.42. The maximum Gasteiger partial charge on any atom is 0.407 e. The van der Waals surface area contributed by atoms with Crippen LogP contribution in [0, 0.1) is 0 Å². The maximum absolute atomic E-state index is 12.6. The number of nitrogens with two attached hydrogens (primary N) is 1. The molecule has 4 rings (SSSR count). The first kappa shape index (κ1) is 19.5. The maximum atomic E-state index is 12.6. The average molecular weight is 423 g/mol. The molecule has 0 aromatic carbocycles. The summed E-state index contributed by atoms with van der Waals surface area (Å²) in [6.45, 7) is -1.50. The Balaban J connectivity index is 1.61. The highest BCUT2D eigenvalue weighted by Gasteiger charge is 2.39. The van der Waals surface area contributed by atoms with E-state index in [4.69, 9.17) is 5.84 Å². The van der Waals surface area contributed by atoms with Gasteiger partial charge in [0.15, 0.2) is 5.82 Å². The van der Waals surface area contributed by atoms with Crippen molar-refractivity contribution in [1.82, 2.24) is 24.9 Å². The molecule has 8 nitrogen and oxygen atoms in total. The first-order chi connectivity index (χ1) is 13.8. The van der Waals surface area contributed by atoms with Gasteiger partial charge in [0.05, 0.1) is 5.88 Å². The molecule has 12 heteroatoms. The topological polar surface area (TPSA) is 104 Å². The van der Waals surface area contributed by atoms with Crippen LogP contribution in [0.2, 0.25) is 0 Å². The van der Waals surface area contributed by atoms with E-state index in [1.807, 2.05) is 6.07 Å². The van der Waals surface area contributed by atoms with Crippen LogP contribution >= 0.6 is 11.8 Å². The second kappa shape index (κ2) is 7.52. The van der Waals surface area contributed by atoms with Crippen LogP contribution in [0.5, 0.6) is 0 Å². The minimum Gasteiger partial charge on any atom is -0.345 e. The van der Waals surface area contributed by atoms with Crippen LogP contribution < -0.4 is 10.7 Å². The third-order valence-corrected chi connectivity index (χ3v) is 5.44. The van der Waals surface area contributed by atoms with E-state index < -0.39 is 24.7 Å². The number of carbonyl (C=O) groups excluding carboxylic acids is 1. The number of anilines is 1. The van der Waals surface area contributed by atoms with Gasteiger partial charge in [0.25, 0.3) is 5.91 Å². The molecule has 1 amide bonds. The number of hydrazine groups is 1. The smallest absolute Gasteiger partial charge is 0.345 e. The zero-order valence-corrected chi connectivity index (χ0v) is 15.7. The van der Waals surface area contributed by atoms with Gasteiger partial charge >= 0.3 is 6.18 Å². The molecule has 152 valence electrons. The molecule has 1 atom stereocenters. The number of hydrogen-bond acceptors (Lipinski definition) is 7. The zero-order valence-electron chi connectivity index (χ0n) is 14.9. The second-order valence-corrected chi connectivity index (χ2v) is 7.41. The number of rotatable bonds is 4. The number of amides is 1. The van der Waals surface area contributed by atoms with Crippen LogP contribution in [-0.4, -0.2) is 61.2 Å². The van der Waals surface area contributed by atoms with Gasteiger partial charge in [-0.1, -0.05) is 0 Å². The number of thioether (sulfide) groups is 1. The van der Waals surface area contributed by atoms with Gasteiger partial charge in [-0.25, -0.2) is 20.8 Å². The van der Waals surface area contributed by atoms with Crippen LogP contribution in [0.3, 0.4) is 0 Å². The molecule has 3 aromatic heterocycles. The summed E-state index contributed by atoms with van der Waals surface area (Å²) in [5, 5.41) is 1.06. The van der Waals surface area contributed by atoms with Gasteiger partial charge in [-0.15, -0.1) is 11.8 Å². The summed E-state index contributed by atoms with van der Waals surface area (Å²) in [4.78, 5) is 30.2. The Morgan fingerprint density at radius 1 is 1.34 bits per heavy atom. The van der Waals surface area contributed by atoms with Gasteiger partial charge in [0.1, 0.15) is 24.1 Å². The van der Waals surface area contributed by atoms with Crippen molar-refractivity contribution < 1.29 is 18.0 Å². The highest BCUT2D eigenvalue weighted by atomic mass is 32.2. The summed E-state index contributed by atoms with van der Waals surface area (Å²) < 4.78 is 37.8. The molecule has 0 saturated carbocycles. The Labute approximate surface area is 167 Å². The van der Waals surface area contributed by atoms with Crippen molar-refractivity contribution in [3.05, 3.63) is 36.8 Å². The van der Waals surface area contributed by atoms with Crippen molar-refractivity contribution in [1.29, 1.82) is 0 Å². The van der Waals surface area contributed by atoms with Crippen molar-refractivity contribution in [2.24, 2.45) is 5.84 Å². The lowest BCUT2D eigenvalue weighted by atomic mass is 10.2. The van der Waals surface area contributed by atoms with Crippen LogP contribution in [0.15, 0.2) is 36.8 Å². The first-order valence-corrected chi connectivity index (χ1v) is 9.72. The average Bonchev–Trinajstić information content (AvgIpc) is 3.33. The number of H-pyrrole nitrogens is 1. The number of halogens is 3. The Bertz CT molecular complexity index is 1040. The number of carbonyl (C=O) groups is 1. The molecule has 0 spiro atoms. The molecule has 29 heavy (non-hydrogen) atoms. The highest BCUT2D eigenvalue weighted by molar-refractivity contribution is 7.99. The first-order valence-electron chi connectivity index (χ1n) is 8.56. The molecule has 1 aliphatic rings. The molecule has 0 aliphatic carbocycles. The van der Waals surface area contributed by atoms with Gasteiger partial charge in [-0.2, -0.15) is 13.2 Å². The fraction of sp³-hybridized carbons (Fsp3) is 0.294. The Morgan fingerprint density at radius 2 is 2.17 bits per heavy atom. The van der Waals surface area contributed by atoms with Gasteiger partial charge in [-0.05, 0) is 18.2 Å². The molecule has 0 radical (unpaired) electrons. The van der Waals surface area contributed by atoms with Gasteiger partial charge in [0.2, 0.25) is 0 Å². The second-order valence-electron chi connectivity index (χ2n) is 6.41. The fourth-order valence-corrected chi connectivity index (χ4v) is 4.28. The number of aromatic amines is 1. The van der Waals surface area contributed by atoms with E-state index in [9.17, 15) is 18.0 Å². The Kier molecular flexibility index (Phi) is 5.04. The Hall–Kier alpha value is -2.86. The molecule has 1 fully saturated rings. The molecule has 0 unspecified atom stereocenters. The molecule has 1 aliphatic heterocycles. The fourth-order valence-electron chi connectivity index (χ4n) is 3.12. The van der Waals surface area contributed by atoms with Gasteiger partial charge in [0, 0.05) is 35.3 Å². The lowest BCUT2D eigenvalue weighted by molar-refractivity contribution is -0.162. The normalized spacial score (nSPS) is 17.1. The summed E-state index contributed by atoms with van der Waals surface area (Å²) in [5.74, 6) is 6.16. The number of aromatic nitrogens is 4. The molecule has 0 bridgehead atoms. The number of nitrogens with zero attached hydrogens (tertiary/aromatic N) is 5. The van der Waals surface area contributed by atoms with Crippen LogP contribution in [0.4, 0.5) is 19.0 Å². The van der Waals surface area contributed by atoms with Crippen LogP contribution in [0.25, 0.3) is 22.4 Å². The number of nitrogens with one attached hydrogen (secondary N) is 1. The summed E-state index contributed by atoms with van der Waals surface area (Å²) in [6.07, 6.45) is 0.389. The zero-order chi connectivity index (χ0) is 20.6. The van der Waals surface area contributed by atoms with Crippen molar-refractivity contribution in [2.75, 3.05) is 23.1 Å². The summed E-state index contributed by atoms with van der Waals surface area (Å²) in [6, 6.07) is 4.46. The minimum atomic E-state index is -4.56. The number of alkyl halides is 3. The monoisotopic (exact) mass is 423 g/mol. The lowest BCUT2D eigenvalue weighted by Crippen LogP contribution is -2.53. The molecule has 3 aromatic rings. The van der Waals surface area contributed by atoms with Crippen molar-refractivity contribution >= 4 is 34.5 Å². The van der Waals surface area contributed by atoms with E-state index in [1.54, 1.807) is 35.6 Å². The largest absolute Gasteiger partial charge is 0.407 e. The SMILES string of the molecule is NN(CC(F)(F)F)C(=O)[C@H]1CSCN1c1ccnc(-c2c[nH]c3ncccc23)n1. The predicted octanol–water partition coefficient (Wildman–Crippen LogP) is 2.16. The van der Waals surface area contributed by atoms with E-state index in [0.29, 0.717) is 28.9 Å². The van der Waals surface area contributed by atoms with Crippen molar-refractivity contribution in [3.63, 3.8) is 0 Å². The predicted molar refractivity (Wildman–Crippen MR) is 103 cm³/mol. The van der Waals surface area contributed by atoms with Crippen LogP contribution in [-0.2, 0) is 4.79 Å². The number of hydrogen-bond donors (Lipinski definition) is 2. The van der Waals surface area contributed by atoms with E-state index in [1.165, 1.54) is 11.8 Å². The molecular formula is C17H16F3N7OS. The van der Waals surface area contributed by atoms with E-state index in [0.717, 1.165) is 10.9 Å². The molecule has 4 heterocycles. The van der Waals surface area contributed by atoms with Gasteiger partial charge < -0.3 is 9.88 Å². The Morgan fingerprint density at radius 3 is 2.97 bits per heavy atom. The van der Waals surface area contributed by atoms with Crippen molar-refractivity contribution in [2.45, 2.75) is 12.2 Å². The third-order valence-electron chi connectivity index (χ3n) is 4.43.